The van der Waals surface area contributed by atoms with E-state index in [-0.39, 0.29) is 28.8 Å². The molecule has 0 aliphatic carbocycles. The first-order valence-electron chi connectivity index (χ1n) is 8.61. The highest BCUT2D eigenvalue weighted by atomic mass is 35.5. The number of phenolic OH excluding ortho intramolecular Hbond substituents is 1. The van der Waals surface area contributed by atoms with E-state index in [0.717, 1.165) is 28.0 Å². The number of aromatic nitrogens is 2. The molecule has 146 valence electrons. The van der Waals surface area contributed by atoms with Crippen LogP contribution in [0.1, 0.15) is 44.7 Å². The van der Waals surface area contributed by atoms with Crippen molar-refractivity contribution in [3.63, 3.8) is 0 Å². The number of esters is 1. The van der Waals surface area contributed by atoms with E-state index in [1.165, 1.54) is 0 Å². The number of rotatable bonds is 4. The molecule has 3 aromatic rings. The highest BCUT2D eigenvalue weighted by Crippen LogP contribution is 2.30. The molecule has 6 nitrogen and oxygen atoms in total. The van der Waals surface area contributed by atoms with Crippen LogP contribution in [-0.4, -0.2) is 27.7 Å². The molecule has 0 atom stereocenters. The maximum absolute atomic E-state index is 12.6. The SMILES string of the molecule is CCOC(=O)c1sc2nc(C(Cl)=Cc3cc(C)c(O)c(C)c3)[nH]c(=O)c2c1C. The number of hydrogen-bond donors (Lipinski definition) is 2. The summed E-state index contributed by atoms with van der Waals surface area (Å²) in [5.74, 6) is -0.0263. The number of aromatic amines is 1. The molecule has 0 fully saturated rings. The highest BCUT2D eigenvalue weighted by Gasteiger charge is 2.20. The minimum atomic E-state index is -0.472. The fourth-order valence-corrected chi connectivity index (χ4v) is 4.23. The lowest BCUT2D eigenvalue weighted by Crippen LogP contribution is -2.11. The van der Waals surface area contributed by atoms with Gasteiger partial charge < -0.3 is 14.8 Å². The second-order valence-electron chi connectivity index (χ2n) is 6.37. The third kappa shape index (κ3) is 3.68. The number of aryl methyl sites for hydroxylation is 3. The Bertz CT molecular complexity index is 1150. The highest BCUT2D eigenvalue weighted by molar-refractivity contribution is 7.20. The minimum Gasteiger partial charge on any atom is -0.507 e. The fraction of sp³-hybridized carbons (Fsp3) is 0.250. The standard InChI is InChI=1S/C20H19ClN2O4S/c1-5-27-20(26)16-11(4)14-18(25)22-17(23-19(14)28-16)13(21)8-12-6-9(2)15(24)10(3)7-12/h6-8,24H,5H2,1-4H3,(H,22,23,25). The van der Waals surface area contributed by atoms with Crippen LogP contribution in [0.25, 0.3) is 21.3 Å². The molecule has 0 spiro atoms. The Kier molecular flexibility index (Phi) is 5.58. The van der Waals surface area contributed by atoms with Gasteiger partial charge in [0, 0.05) is 0 Å². The predicted molar refractivity (Wildman–Crippen MR) is 112 cm³/mol. The van der Waals surface area contributed by atoms with Crippen LogP contribution in [0.4, 0.5) is 0 Å². The number of benzene rings is 1. The van der Waals surface area contributed by atoms with Crippen molar-refractivity contribution >= 4 is 50.2 Å². The summed E-state index contributed by atoms with van der Waals surface area (Å²) in [6, 6.07) is 3.57. The third-order valence-electron chi connectivity index (χ3n) is 4.29. The van der Waals surface area contributed by atoms with Gasteiger partial charge in [-0.2, -0.15) is 0 Å². The Labute approximate surface area is 170 Å². The summed E-state index contributed by atoms with van der Waals surface area (Å²) >= 11 is 7.50. The molecule has 0 aliphatic rings. The molecule has 0 amide bonds. The Morgan fingerprint density at radius 1 is 1.32 bits per heavy atom. The number of fused-ring (bicyclic) bond motifs is 1. The average Bonchev–Trinajstić information content (AvgIpc) is 2.97. The normalized spacial score (nSPS) is 11.8. The number of hydrogen-bond acceptors (Lipinski definition) is 6. The molecule has 0 radical (unpaired) electrons. The molecule has 2 aromatic heterocycles. The third-order valence-corrected chi connectivity index (χ3v) is 5.75. The van der Waals surface area contributed by atoms with Crippen LogP contribution in [0.5, 0.6) is 5.75 Å². The smallest absolute Gasteiger partial charge is 0.348 e. The predicted octanol–water partition coefficient (Wildman–Crippen LogP) is 4.53. The van der Waals surface area contributed by atoms with Crippen molar-refractivity contribution in [2.75, 3.05) is 6.61 Å². The maximum Gasteiger partial charge on any atom is 0.348 e. The Morgan fingerprint density at radius 2 is 1.96 bits per heavy atom. The quantitative estimate of drug-likeness (QED) is 0.607. The number of carbonyl (C=O) groups excluding carboxylic acids is 1. The van der Waals surface area contributed by atoms with Gasteiger partial charge in [0.05, 0.1) is 17.0 Å². The summed E-state index contributed by atoms with van der Waals surface area (Å²) in [7, 11) is 0. The maximum atomic E-state index is 12.6. The number of halogens is 1. The zero-order valence-electron chi connectivity index (χ0n) is 15.8. The fourth-order valence-electron chi connectivity index (χ4n) is 2.94. The Hall–Kier alpha value is -2.64. The lowest BCUT2D eigenvalue weighted by Gasteiger charge is -2.06. The summed E-state index contributed by atoms with van der Waals surface area (Å²) in [6.45, 7) is 7.26. The monoisotopic (exact) mass is 418 g/mol. The first-order chi connectivity index (χ1) is 13.2. The van der Waals surface area contributed by atoms with E-state index in [4.69, 9.17) is 16.3 Å². The van der Waals surface area contributed by atoms with Gasteiger partial charge in [-0.25, -0.2) is 9.78 Å². The molecule has 28 heavy (non-hydrogen) atoms. The van der Waals surface area contributed by atoms with E-state index in [9.17, 15) is 14.7 Å². The first kappa shape index (κ1) is 20.1. The van der Waals surface area contributed by atoms with E-state index in [1.807, 2.05) is 0 Å². The van der Waals surface area contributed by atoms with Crippen molar-refractivity contribution in [2.45, 2.75) is 27.7 Å². The molecule has 0 saturated heterocycles. The molecule has 0 bridgehead atoms. The van der Waals surface area contributed by atoms with Crippen LogP contribution in [-0.2, 0) is 4.74 Å². The molecule has 2 heterocycles. The summed E-state index contributed by atoms with van der Waals surface area (Å²) in [5.41, 5.74) is 2.40. The molecule has 3 rings (SSSR count). The number of carbonyl (C=O) groups is 1. The number of H-pyrrole nitrogens is 1. The molecule has 1 aromatic carbocycles. The molecule has 8 heteroatoms. The summed E-state index contributed by atoms with van der Waals surface area (Å²) in [4.78, 5) is 32.5. The minimum absolute atomic E-state index is 0.208. The zero-order valence-corrected chi connectivity index (χ0v) is 17.4. The molecule has 0 unspecified atom stereocenters. The van der Waals surface area contributed by atoms with Gasteiger partial charge in [0.15, 0.2) is 5.82 Å². The number of phenols is 1. The van der Waals surface area contributed by atoms with Crippen molar-refractivity contribution in [3.8, 4) is 5.75 Å². The number of nitrogens with one attached hydrogen (secondary N) is 1. The van der Waals surface area contributed by atoms with Gasteiger partial charge in [-0.05, 0) is 68.2 Å². The van der Waals surface area contributed by atoms with Crippen molar-refractivity contribution in [1.29, 1.82) is 0 Å². The van der Waals surface area contributed by atoms with Crippen molar-refractivity contribution < 1.29 is 14.6 Å². The summed E-state index contributed by atoms with van der Waals surface area (Å²) < 4.78 is 5.04. The number of ether oxygens (including phenoxy) is 1. The van der Waals surface area contributed by atoms with Gasteiger partial charge in [0.25, 0.3) is 5.56 Å². The number of nitrogens with zero attached hydrogens (tertiary/aromatic N) is 1. The number of thiophene rings is 1. The number of aromatic hydroxyl groups is 1. The lowest BCUT2D eigenvalue weighted by molar-refractivity contribution is 0.0531. The second-order valence-corrected chi connectivity index (χ2v) is 7.77. The molecular weight excluding hydrogens is 400 g/mol. The van der Waals surface area contributed by atoms with E-state index >= 15 is 0 Å². The van der Waals surface area contributed by atoms with Gasteiger partial charge in [-0.15, -0.1) is 11.3 Å². The van der Waals surface area contributed by atoms with Crippen molar-refractivity contribution in [3.05, 3.63) is 55.4 Å². The molecule has 0 aliphatic heterocycles. The summed E-state index contributed by atoms with van der Waals surface area (Å²) in [5, 5.41) is 10.5. The van der Waals surface area contributed by atoms with E-state index in [0.29, 0.717) is 20.7 Å². The Balaban J connectivity index is 2.09. The second kappa shape index (κ2) is 7.77. The summed E-state index contributed by atoms with van der Waals surface area (Å²) in [6.07, 6.45) is 1.66. The topological polar surface area (TPSA) is 92.3 Å². The van der Waals surface area contributed by atoms with Gasteiger partial charge in [-0.1, -0.05) is 11.6 Å². The van der Waals surface area contributed by atoms with Crippen LogP contribution in [0, 0.1) is 20.8 Å². The van der Waals surface area contributed by atoms with Crippen LogP contribution in [0.3, 0.4) is 0 Å². The van der Waals surface area contributed by atoms with Gasteiger partial charge in [0.1, 0.15) is 15.5 Å². The van der Waals surface area contributed by atoms with Crippen molar-refractivity contribution in [2.24, 2.45) is 0 Å². The average molecular weight is 419 g/mol. The van der Waals surface area contributed by atoms with Crippen LogP contribution < -0.4 is 5.56 Å². The van der Waals surface area contributed by atoms with E-state index < -0.39 is 5.97 Å². The largest absolute Gasteiger partial charge is 0.507 e. The Morgan fingerprint density at radius 3 is 2.57 bits per heavy atom. The van der Waals surface area contributed by atoms with Gasteiger partial charge in [0.2, 0.25) is 0 Å². The van der Waals surface area contributed by atoms with E-state index in [1.54, 1.807) is 45.9 Å². The first-order valence-corrected chi connectivity index (χ1v) is 9.80. The lowest BCUT2D eigenvalue weighted by atomic mass is 10.1. The molecule has 0 saturated carbocycles. The van der Waals surface area contributed by atoms with E-state index in [2.05, 4.69) is 9.97 Å². The van der Waals surface area contributed by atoms with Gasteiger partial charge >= 0.3 is 5.97 Å². The van der Waals surface area contributed by atoms with Gasteiger partial charge in [-0.3, -0.25) is 4.79 Å². The van der Waals surface area contributed by atoms with Crippen molar-refractivity contribution in [1.82, 2.24) is 9.97 Å². The molecule has 2 N–H and O–H groups in total. The van der Waals surface area contributed by atoms with Crippen LogP contribution >= 0.6 is 22.9 Å². The van der Waals surface area contributed by atoms with Crippen LogP contribution in [0.15, 0.2) is 16.9 Å². The molecular formula is C20H19ClN2O4S. The zero-order chi connectivity index (χ0) is 20.6. The van der Waals surface area contributed by atoms with Crippen LogP contribution in [0.2, 0.25) is 0 Å².